The molecule has 5 nitrogen and oxygen atoms in total. The van der Waals surface area contributed by atoms with Gasteiger partial charge in [0.15, 0.2) is 11.5 Å². The molecular weight excluding hydrogens is 378 g/mol. The lowest BCUT2D eigenvalue weighted by Crippen LogP contribution is -2.31. The molecule has 5 heteroatoms. The normalized spacial score (nSPS) is 12.3. The molecule has 0 aromatic heterocycles. The first-order valence-corrected chi connectivity index (χ1v) is 10.2. The molecule has 3 aromatic rings. The lowest BCUT2D eigenvalue weighted by Gasteiger charge is -2.25. The Hall–Kier alpha value is -3.47. The molecule has 0 N–H and O–H groups in total. The molecule has 1 amide bonds. The van der Waals surface area contributed by atoms with Crippen LogP contribution in [0.3, 0.4) is 0 Å². The van der Waals surface area contributed by atoms with Gasteiger partial charge in [-0.05, 0) is 42.8 Å². The van der Waals surface area contributed by atoms with E-state index in [9.17, 15) is 4.79 Å². The van der Waals surface area contributed by atoms with E-state index in [4.69, 9.17) is 14.2 Å². The summed E-state index contributed by atoms with van der Waals surface area (Å²) in [7, 11) is 0. The van der Waals surface area contributed by atoms with Crippen LogP contribution in [0.5, 0.6) is 17.2 Å². The van der Waals surface area contributed by atoms with Crippen molar-refractivity contribution in [2.75, 3.05) is 19.8 Å². The zero-order chi connectivity index (χ0) is 20.8. The second kappa shape index (κ2) is 9.35. The predicted molar refractivity (Wildman–Crippen MR) is 115 cm³/mol. The summed E-state index contributed by atoms with van der Waals surface area (Å²) in [4.78, 5) is 14.9. The number of amides is 1. The number of ether oxygens (including phenoxy) is 3. The zero-order valence-corrected chi connectivity index (χ0v) is 17.0. The number of carbonyl (C=O) groups is 1. The largest absolute Gasteiger partial charge is 0.489 e. The summed E-state index contributed by atoms with van der Waals surface area (Å²) in [5.74, 6) is 2.29. The number of nitrogens with zero attached hydrogens (tertiary/aromatic N) is 1. The molecule has 0 atom stereocenters. The van der Waals surface area contributed by atoms with E-state index in [2.05, 4.69) is 0 Å². The molecular formula is C25H25NO4. The van der Waals surface area contributed by atoms with Crippen molar-refractivity contribution in [2.24, 2.45) is 0 Å². The summed E-state index contributed by atoms with van der Waals surface area (Å²) in [6.45, 7) is 4.59. The van der Waals surface area contributed by atoms with E-state index in [1.807, 2.05) is 84.6 Å². The molecule has 0 bridgehead atoms. The first-order chi connectivity index (χ1) is 14.7. The van der Waals surface area contributed by atoms with Crippen LogP contribution in [-0.2, 0) is 13.2 Å². The van der Waals surface area contributed by atoms with Crippen molar-refractivity contribution in [3.8, 4) is 17.2 Å². The van der Waals surface area contributed by atoms with Crippen molar-refractivity contribution in [1.29, 1.82) is 0 Å². The van der Waals surface area contributed by atoms with E-state index in [-0.39, 0.29) is 5.91 Å². The van der Waals surface area contributed by atoms with Crippen LogP contribution in [0.2, 0.25) is 0 Å². The highest BCUT2D eigenvalue weighted by molar-refractivity contribution is 5.94. The van der Waals surface area contributed by atoms with E-state index >= 15 is 0 Å². The third kappa shape index (κ3) is 4.57. The minimum atomic E-state index is -0.0117. The molecule has 4 rings (SSSR count). The van der Waals surface area contributed by atoms with Gasteiger partial charge in [0, 0.05) is 24.2 Å². The molecule has 3 aromatic carbocycles. The monoisotopic (exact) mass is 403 g/mol. The topological polar surface area (TPSA) is 48.0 Å². The van der Waals surface area contributed by atoms with E-state index in [1.165, 1.54) is 0 Å². The van der Waals surface area contributed by atoms with E-state index < -0.39 is 0 Å². The summed E-state index contributed by atoms with van der Waals surface area (Å²) >= 11 is 0. The van der Waals surface area contributed by atoms with Gasteiger partial charge >= 0.3 is 0 Å². The average molecular weight is 403 g/mol. The van der Waals surface area contributed by atoms with Crippen molar-refractivity contribution in [3.63, 3.8) is 0 Å². The highest BCUT2D eigenvalue weighted by Crippen LogP contribution is 2.34. The second-order valence-electron chi connectivity index (χ2n) is 7.06. The Bertz CT molecular complexity index is 986. The number of hydrogen-bond donors (Lipinski definition) is 0. The van der Waals surface area contributed by atoms with Gasteiger partial charge < -0.3 is 19.1 Å². The van der Waals surface area contributed by atoms with Crippen LogP contribution in [0, 0.1) is 0 Å². The van der Waals surface area contributed by atoms with E-state index in [0.717, 1.165) is 28.4 Å². The highest BCUT2D eigenvalue weighted by Gasteiger charge is 2.20. The Labute approximate surface area is 176 Å². The Kier molecular flexibility index (Phi) is 6.18. The Morgan fingerprint density at radius 1 is 0.933 bits per heavy atom. The van der Waals surface area contributed by atoms with Gasteiger partial charge in [0.2, 0.25) is 0 Å². The van der Waals surface area contributed by atoms with Crippen molar-refractivity contribution in [3.05, 3.63) is 89.5 Å². The van der Waals surface area contributed by atoms with Crippen LogP contribution in [-0.4, -0.2) is 30.6 Å². The fourth-order valence-electron chi connectivity index (χ4n) is 3.40. The van der Waals surface area contributed by atoms with Crippen molar-refractivity contribution < 1.29 is 19.0 Å². The summed E-state index contributed by atoms with van der Waals surface area (Å²) in [5.41, 5.74) is 2.62. The van der Waals surface area contributed by atoms with Crippen molar-refractivity contribution in [1.82, 2.24) is 4.90 Å². The first kappa shape index (κ1) is 19.8. The highest BCUT2D eigenvalue weighted by atomic mass is 16.6. The van der Waals surface area contributed by atoms with Crippen LogP contribution in [0.4, 0.5) is 0 Å². The molecule has 30 heavy (non-hydrogen) atoms. The van der Waals surface area contributed by atoms with E-state index in [0.29, 0.717) is 38.5 Å². The maximum atomic E-state index is 13.1. The number of rotatable bonds is 7. The standard InChI is InChI=1S/C25H25NO4/c1-2-26(17-21-7-6-10-23-24(21)29-16-15-28-23)25(27)20-13-11-19(12-14-20)18-30-22-8-4-3-5-9-22/h3-14H,2,15-18H2,1H3. The minimum Gasteiger partial charge on any atom is -0.489 e. The maximum absolute atomic E-state index is 13.1. The van der Waals surface area contributed by atoms with E-state index in [1.54, 1.807) is 0 Å². The van der Waals surface area contributed by atoms with Gasteiger partial charge in [0.05, 0.1) is 0 Å². The molecule has 0 fully saturated rings. The van der Waals surface area contributed by atoms with Gasteiger partial charge in [0.25, 0.3) is 5.91 Å². The van der Waals surface area contributed by atoms with Gasteiger partial charge in [0.1, 0.15) is 25.6 Å². The summed E-state index contributed by atoms with van der Waals surface area (Å²) in [6, 6.07) is 23.1. The molecule has 0 aliphatic carbocycles. The molecule has 1 aliphatic heterocycles. The summed E-state index contributed by atoms with van der Waals surface area (Å²) < 4.78 is 17.2. The number of fused-ring (bicyclic) bond motifs is 1. The van der Waals surface area contributed by atoms with Crippen molar-refractivity contribution in [2.45, 2.75) is 20.1 Å². The van der Waals surface area contributed by atoms with Gasteiger partial charge in [-0.25, -0.2) is 0 Å². The molecule has 0 saturated carbocycles. The van der Waals surface area contributed by atoms with Crippen LogP contribution < -0.4 is 14.2 Å². The van der Waals surface area contributed by atoms with Crippen LogP contribution in [0.25, 0.3) is 0 Å². The van der Waals surface area contributed by atoms with Gasteiger partial charge in [-0.1, -0.05) is 42.5 Å². The lowest BCUT2D eigenvalue weighted by molar-refractivity contribution is 0.0749. The lowest BCUT2D eigenvalue weighted by atomic mass is 10.1. The summed E-state index contributed by atoms with van der Waals surface area (Å²) in [5, 5.41) is 0. The molecule has 0 radical (unpaired) electrons. The predicted octanol–water partition coefficient (Wildman–Crippen LogP) is 4.70. The third-order valence-electron chi connectivity index (χ3n) is 5.03. The first-order valence-electron chi connectivity index (χ1n) is 10.2. The molecule has 1 aliphatic rings. The average Bonchev–Trinajstić information content (AvgIpc) is 2.82. The van der Waals surface area contributed by atoms with Crippen LogP contribution >= 0.6 is 0 Å². The molecule has 0 unspecified atom stereocenters. The Morgan fingerprint density at radius 2 is 1.70 bits per heavy atom. The number of para-hydroxylation sites is 2. The Balaban J connectivity index is 1.42. The molecule has 0 spiro atoms. The third-order valence-corrected chi connectivity index (χ3v) is 5.03. The zero-order valence-electron chi connectivity index (χ0n) is 17.0. The molecule has 154 valence electrons. The van der Waals surface area contributed by atoms with Gasteiger partial charge in [-0.3, -0.25) is 4.79 Å². The van der Waals surface area contributed by atoms with Crippen LogP contribution in [0.15, 0.2) is 72.8 Å². The minimum absolute atomic E-state index is 0.0117. The molecule has 1 heterocycles. The van der Waals surface area contributed by atoms with Gasteiger partial charge in [-0.15, -0.1) is 0 Å². The molecule has 0 saturated heterocycles. The van der Waals surface area contributed by atoms with Crippen molar-refractivity contribution >= 4 is 5.91 Å². The summed E-state index contributed by atoms with van der Waals surface area (Å²) in [6.07, 6.45) is 0. The Morgan fingerprint density at radius 3 is 2.47 bits per heavy atom. The van der Waals surface area contributed by atoms with Crippen LogP contribution in [0.1, 0.15) is 28.4 Å². The number of benzene rings is 3. The quantitative estimate of drug-likeness (QED) is 0.574. The number of hydrogen-bond acceptors (Lipinski definition) is 4. The number of carbonyl (C=O) groups excluding carboxylic acids is 1. The SMILES string of the molecule is CCN(Cc1cccc2c1OCCO2)C(=O)c1ccc(COc2ccccc2)cc1. The maximum Gasteiger partial charge on any atom is 0.254 e. The fourth-order valence-corrected chi connectivity index (χ4v) is 3.40. The van der Waals surface area contributed by atoms with Gasteiger partial charge in [-0.2, -0.15) is 0 Å². The smallest absolute Gasteiger partial charge is 0.254 e. The second-order valence-corrected chi connectivity index (χ2v) is 7.06. The fraction of sp³-hybridized carbons (Fsp3) is 0.240.